The van der Waals surface area contributed by atoms with Crippen molar-refractivity contribution >= 4 is 11.5 Å². The Hall–Kier alpha value is -2.88. The molecule has 3 heterocycles. The standard InChI is InChI=1S/C32H42N4/c1-21(2)25-12-11-24(5)29(18-25)35-16-13-28-27(19-35)31(36-15-8-14-32(6,7)20-36)34-30(33-28)26-17-22(3)9-10-23(26)4/h9-12,17-18,21H,8,13-16,19-20H2,1-7H3. The molecule has 0 unspecified atom stereocenters. The van der Waals surface area contributed by atoms with Gasteiger partial charge in [0.2, 0.25) is 0 Å². The number of hydrogen-bond acceptors (Lipinski definition) is 4. The number of nitrogens with zero attached hydrogens (tertiary/aromatic N) is 4. The summed E-state index contributed by atoms with van der Waals surface area (Å²) in [4.78, 5) is 15.7. The summed E-state index contributed by atoms with van der Waals surface area (Å²) < 4.78 is 0. The highest BCUT2D eigenvalue weighted by molar-refractivity contribution is 5.66. The number of aryl methyl sites for hydroxylation is 3. The molecule has 36 heavy (non-hydrogen) atoms. The zero-order valence-electron chi connectivity index (χ0n) is 23.3. The SMILES string of the molecule is Cc1ccc(C)c(-c2nc3c(c(N4CCCC(C)(C)C4)n2)CN(c2cc(C(C)C)ccc2C)CC3)c1. The maximum absolute atomic E-state index is 5.33. The maximum Gasteiger partial charge on any atom is 0.162 e. The van der Waals surface area contributed by atoms with Gasteiger partial charge in [0.05, 0.1) is 5.69 Å². The minimum atomic E-state index is 0.298. The molecule has 190 valence electrons. The minimum Gasteiger partial charge on any atom is -0.366 e. The van der Waals surface area contributed by atoms with Gasteiger partial charge in [0.1, 0.15) is 5.82 Å². The Bertz CT molecular complexity index is 1270. The first kappa shape index (κ1) is 24.8. The molecule has 2 aromatic carbocycles. The number of hydrogen-bond donors (Lipinski definition) is 0. The summed E-state index contributed by atoms with van der Waals surface area (Å²) in [7, 11) is 0. The van der Waals surface area contributed by atoms with Gasteiger partial charge in [-0.25, -0.2) is 9.97 Å². The van der Waals surface area contributed by atoms with Crippen LogP contribution < -0.4 is 9.80 Å². The Morgan fingerprint density at radius 1 is 0.889 bits per heavy atom. The predicted molar refractivity (Wildman–Crippen MR) is 152 cm³/mol. The van der Waals surface area contributed by atoms with Crippen LogP contribution in [0.2, 0.25) is 0 Å². The molecular weight excluding hydrogens is 440 g/mol. The molecule has 0 bridgehead atoms. The summed E-state index contributed by atoms with van der Waals surface area (Å²) in [5, 5.41) is 0. The van der Waals surface area contributed by atoms with Crippen molar-refractivity contribution in [3.05, 3.63) is 69.9 Å². The number of benzene rings is 2. The van der Waals surface area contributed by atoms with Gasteiger partial charge >= 0.3 is 0 Å². The van der Waals surface area contributed by atoms with Gasteiger partial charge in [-0.05, 0) is 73.8 Å². The molecule has 1 saturated heterocycles. The van der Waals surface area contributed by atoms with Crippen LogP contribution in [0.25, 0.3) is 11.4 Å². The van der Waals surface area contributed by atoms with E-state index in [1.54, 1.807) is 0 Å². The molecule has 0 atom stereocenters. The van der Waals surface area contributed by atoms with Gasteiger partial charge < -0.3 is 9.80 Å². The summed E-state index contributed by atoms with van der Waals surface area (Å²) in [6, 6.07) is 13.6. The van der Waals surface area contributed by atoms with E-state index >= 15 is 0 Å². The second-order valence-electron chi connectivity index (χ2n) is 12.2. The van der Waals surface area contributed by atoms with E-state index in [0.29, 0.717) is 11.3 Å². The van der Waals surface area contributed by atoms with Gasteiger partial charge in [-0.15, -0.1) is 0 Å². The number of rotatable bonds is 4. The van der Waals surface area contributed by atoms with Crippen LogP contribution in [0.4, 0.5) is 11.5 Å². The van der Waals surface area contributed by atoms with Crippen LogP contribution in [0.3, 0.4) is 0 Å². The van der Waals surface area contributed by atoms with E-state index in [-0.39, 0.29) is 0 Å². The number of anilines is 2. The highest BCUT2D eigenvalue weighted by atomic mass is 15.2. The van der Waals surface area contributed by atoms with Crippen LogP contribution in [-0.4, -0.2) is 29.6 Å². The molecule has 2 aliphatic heterocycles. The minimum absolute atomic E-state index is 0.298. The van der Waals surface area contributed by atoms with E-state index in [4.69, 9.17) is 9.97 Å². The smallest absolute Gasteiger partial charge is 0.162 e. The first-order chi connectivity index (χ1) is 17.1. The van der Waals surface area contributed by atoms with Gasteiger partial charge in [-0.2, -0.15) is 0 Å². The van der Waals surface area contributed by atoms with E-state index in [2.05, 4.69) is 94.7 Å². The zero-order chi connectivity index (χ0) is 25.6. The Kier molecular flexibility index (Phi) is 6.57. The number of fused-ring (bicyclic) bond motifs is 1. The Morgan fingerprint density at radius 2 is 1.67 bits per heavy atom. The molecule has 0 radical (unpaired) electrons. The second-order valence-corrected chi connectivity index (χ2v) is 12.2. The van der Waals surface area contributed by atoms with Crippen molar-refractivity contribution in [3.63, 3.8) is 0 Å². The number of piperidine rings is 1. The van der Waals surface area contributed by atoms with Crippen LogP contribution in [0.15, 0.2) is 36.4 Å². The fraction of sp³-hybridized carbons (Fsp3) is 0.500. The van der Waals surface area contributed by atoms with E-state index in [0.717, 1.165) is 44.2 Å². The molecule has 4 heteroatoms. The number of aromatic nitrogens is 2. The molecular formula is C32H42N4. The lowest BCUT2D eigenvalue weighted by Gasteiger charge is -2.41. The quantitative estimate of drug-likeness (QED) is 0.388. The summed E-state index contributed by atoms with van der Waals surface area (Å²) in [6.45, 7) is 19.9. The molecule has 3 aromatic rings. The van der Waals surface area contributed by atoms with Crippen LogP contribution >= 0.6 is 0 Å². The van der Waals surface area contributed by atoms with Crippen molar-refractivity contribution in [2.45, 2.75) is 80.2 Å². The first-order valence-corrected chi connectivity index (χ1v) is 13.7. The van der Waals surface area contributed by atoms with E-state index in [9.17, 15) is 0 Å². The third-order valence-corrected chi connectivity index (χ3v) is 8.11. The lowest BCUT2D eigenvalue weighted by molar-refractivity contribution is 0.291. The van der Waals surface area contributed by atoms with Crippen molar-refractivity contribution in [2.75, 3.05) is 29.4 Å². The Balaban J connectivity index is 1.60. The van der Waals surface area contributed by atoms with Gasteiger partial charge in [-0.3, -0.25) is 0 Å². The summed E-state index contributed by atoms with van der Waals surface area (Å²) in [5.41, 5.74) is 10.6. The van der Waals surface area contributed by atoms with Crippen LogP contribution in [-0.2, 0) is 13.0 Å². The molecule has 4 nitrogen and oxygen atoms in total. The molecule has 5 rings (SSSR count). The highest BCUT2D eigenvalue weighted by Gasteiger charge is 2.32. The average Bonchev–Trinajstić information content (AvgIpc) is 2.84. The van der Waals surface area contributed by atoms with E-state index < -0.39 is 0 Å². The van der Waals surface area contributed by atoms with E-state index in [1.165, 1.54) is 57.6 Å². The van der Waals surface area contributed by atoms with Crippen LogP contribution in [0, 0.1) is 26.2 Å². The maximum atomic E-state index is 5.33. The summed E-state index contributed by atoms with van der Waals surface area (Å²) in [5.74, 6) is 2.57. The predicted octanol–water partition coefficient (Wildman–Crippen LogP) is 7.38. The molecule has 0 saturated carbocycles. The summed E-state index contributed by atoms with van der Waals surface area (Å²) in [6.07, 6.45) is 3.43. The van der Waals surface area contributed by atoms with E-state index in [1.807, 2.05) is 0 Å². The topological polar surface area (TPSA) is 32.3 Å². The average molecular weight is 483 g/mol. The molecule has 0 aliphatic carbocycles. The molecule has 1 aromatic heterocycles. The first-order valence-electron chi connectivity index (χ1n) is 13.7. The molecule has 1 fully saturated rings. The Labute approximate surface area is 217 Å². The Morgan fingerprint density at radius 3 is 2.42 bits per heavy atom. The van der Waals surface area contributed by atoms with Crippen molar-refractivity contribution in [1.82, 2.24) is 9.97 Å². The van der Waals surface area contributed by atoms with Crippen molar-refractivity contribution < 1.29 is 0 Å². The van der Waals surface area contributed by atoms with Crippen molar-refractivity contribution in [1.29, 1.82) is 0 Å². The van der Waals surface area contributed by atoms with Crippen LogP contribution in [0.5, 0.6) is 0 Å². The summed E-state index contributed by atoms with van der Waals surface area (Å²) >= 11 is 0. The zero-order valence-corrected chi connectivity index (χ0v) is 23.3. The lowest BCUT2D eigenvalue weighted by atomic mass is 9.84. The van der Waals surface area contributed by atoms with Crippen molar-refractivity contribution in [2.24, 2.45) is 5.41 Å². The normalized spacial score (nSPS) is 17.4. The van der Waals surface area contributed by atoms with Gasteiger partial charge in [0.25, 0.3) is 0 Å². The lowest BCUT2D eigenvalue weighted by Crippen LogP contribution is -2.42. The fourth-order valence-electron chi connectivity index (χ4n) is 5.89. The fourth-order valence-corrected chi connectivity index (χ4v) is 5.89. The third-order valence-electron chi connectivity index (χ3n) is 8.11. The highest BCUT2D eigenvalue weighted by Crippen LogP contribution is 2.38. The van der Waals surface area contributed by atoms with Gasteiger partial charge in [0.15, 0.2) is 5.82 Å². The molecule has 0 amide bonds. The molecule has 0 spiro atoms. The third kappa shape index (κ3) is 4.87. The second kappa shape index (κ2) is 9.53. The molecule has 2 aliphatic rings. The largest absolute Gasteiger partial charge is 0.366 e. The van der Waals surface area contributed by atoms with Crippen LogP contribution in [0.1, 0.15) is 80.0 Å². The molecule has 0 N–H and O–H groups in total. The monoisotopic (exact) mass is 482 g/mol. The van der Waals surface area contributed by atoms with Gasteiger partial charge in [-0.1, -0.05) is 57.5 Å². The van der Waals surface area contributed by atoms with Crippen molar-refractivity contribution in [3.8, 4) is 11.4 Å². The van der Waals surface area contributed by atoms with Gasteiger partial charge in [0, 0.05) is 49.4 Å².